The molecular weight excluding hydrogens is 312 g/mol. The van der Waals surface area contributed by atoms with Gasteiger partial charge in [-0.25, -0.2) is 0 Å². The van der Waals surface area contributed by atoms with Gasteiger partial charge in [0, 0.05) is 16.5 Å². The van der Waals surface area contributed by atoms with E-state index in [-0.39, 0.29) is 5.78 Å². The predicted octanol–water partition coefficient (Wildman–Crippen LogP) is 2.77. The maximum atomic E-state index is 11.2. The van der Waals surface area contributed by atoms with E-state index >= 15 is 0 Å². The zero-order valence-corrected chi connectivity index (χ0v) is 10.5. The van der Waals surface area contributed by atoms with Crippen LogP contribution >= 0.6 is 31.9 Å². The van der Waals surface area contributed by atoms with Crippen molar-refractivity contribution in [2.24, 2.45) is 0 Å². The number of ketones is 1. The van der Waals surface area contributed by atoms with Gasteiger partial charge in [-0.15, -0.1) is 0 Å². The van der Waals surface area contributed by atoms with E-state index in [1.807, 2.05) is 0 Å². The summed E-state index contributed by atoms with van der Waals surface area (Å²) in [6.07, 6.45) is 1.16. The average Bonchev–Trinajstić information content (AvgIpc) is 2.20. The van der Waals surface area contributed by atoms with Crippen molar-refractivity contribution in [2.75, 3.05) is 5.33 Å². The molecule has 0 radical (unpaired) electrons. The van der Waals surface area contributed by atoms with E-state index in [9.17, 15) is 9.59 Å². The van der Waals surface area contributed by atoms with Crippen molar-refractivity contribution in [3.63, 3.8) is 0 Å². The summed E-state index contributed by atoms with van der Waals surface area (Å²) in [5, 5.41) is 0.356. The summed E-state index contributed by atoms with van der Waals surface area (Å²) in [6.45, 7) is 0. The molecule has 0 unspecified atom stereocenters. The zero-order valence-electron chi connectivity index (χ0n) is 7.30. The Kier molecular flexibility index (Phi) is 4.48. The smallest absolute Gasteiger partial charge is 0.150 e. The molecule has 0 saturated carbocycles. The highest BCUT2D eigenvalue weighted by Gasteiger charge is 2.05. The van der Waals surface area contributed by atoms with Crippen LogP contribution in [0.25, 0.3) is 0 Å². The van der Waals surface area contributed by atoms with Crippen LogP contribution in [0.15, 0.2) is 22.7 Å². The summed E-state index contributed by atoms with van der Waals surface area (Å²) < 4.78 is 0.802. The number of Topliss-reactive ketones (excluding diaryl/α,β-unsaturated/α-hetero) is 1. The molecule has 14 heavy (non-hydrogen) atoms. The van der Waals surface area contributed by atoms with Gasteiger partial charge in [0.05, 0.1) is 5.33 Å². The van der Waals surface area contributed by atoms with Crippen LogP contribution in [0.2, 0.25) is 0 Å². The highest BCUT2D eigenvalue weighted by atomic mass is 79.9. The first-order valence-corrected chi connectivity index (χ1v) is 5.90. The van der Waals surface area contributed by atoms with Crippen molar-refractivity contribution < 1.29 is 9.59 Å². The topological polar surface area (TPSA) is 34.1 Å². The van der Waals surface area contributed by atoms with Crippen molar-refractivity contribution in [3.05, 3.63) is 33.8 Å². The summed E-state index contributed by atoms with van der Waals surface area (Å²) in [6, 6.07) is 5.20. The Morgan fingerprint density at radius 3 is 2.64 bits per heavy atom. The molecule has 0 aliphatic rings. The lowest BCUT2D eigenvalue weighted by molar-refractivity contribution is -0.115. The maximum absolute atomic E-state index is 11.2. The molecule has 1 rings (SSSR count). The molecule has 0 N–H and O–H groups in total. The standard InChI is InChI=1S/C10H8Br2O2/c11-5-9(14)4-8-2-1-7(6-13)3-10(8)12/h1-3,6H,4-5H2. The number of aldehydes is 1. The van der Waals surface area contributed by atoms with Gasteiger partial charge in [0.25, 0.3) is 0 Å². The molecule has 1 aromatic carbocycles. The highest BCUT2D eigenvalue weighted by Crippen LogP contribution is 2.18. The lowest BCUT2D eigenvalue weighted by Gasteiger charge is -2.02. The van der Waals surface area contributed by atoms with Gasteiger partial charge in [0.2, 0.25) is 0 Å². The Labute approximate surface area is 98.9 Å². The van der Waals surface area contributed by atoms with Crippen LogP contribution in [0.4, 0.5) is 0 Å². The molecule has 0 saturated heterocycles. The Balaban J connectivity index is 2.89. The molecule has 0 spiro atoms. The van der Waals surface area contributed by atoms with Crippen LogP contribution in [0.1, 0.15) is 15.9 Å². The Morgan fingerprint density at radius 2 is 2.14 bits per heavy atom. The van der Waals surface area contributed by atoms with E-state index < -0.39 is 0 Å². The first-order valence-electron chi connectivity index (χ1n) is 3.98. The molecule has 0 fully saturated rings. The third kappa shape index (κ3) is 3.03. The van der Waals surface area contributed by atoms with Crippen molar-refractivity contribution in [1.82, 2.24) is 0 Å². The monoisotopic (exact) mass is 318 g/mol. The largest absolute Gasteiger partial charge is 0.298 e. The number of hydrogen-bond acceptors (Lipinski definition) is 2. The Bertz CT molecular complexity index is 361. The number of alkyl halides is 1. The SMILES string of the molecule is O=Cc1ccc(CC(=O)CBr)c(Br)c1. The molecule has 0 atom stereocenters. The van der Waals surface area contributed by atoms with Crippen molar-refractivity contribution in [2.45, 2.75) is 6.42 Å². The van der Waals surface area contributed by atoms with Gasteiger partial charge >= 0.3 is 0 Å². The quantitative estimate of drug-likeness (QED) is 0.631. The molecule has 0 aromatic heterocycles. The van der Waals surface area contributed by atoms with Crippen LogP contribution in [0, 0.1) is 0 Å². The minimum atomic E-state index is 0.115. The molecule has 74 valence electrons. The van der Waals surface area contributed by atoms with Crippen LogP contribution < -0.4 is 0 Å². The average molecular weight is 320 g/mol. The van der Waals surface area contributed by atoms with Gasteiger partial charge in [0.15, 0.2) is 0 Å². The first-order chi connectivity index (χ1) is 6.67. The third-order valence-electron chi connectivity index (χ3n) is 1.75. The van der Waals surface area contributed by atoms with Crippen LogP contribution in [-0.4, -0.2) is 17.4 Å². The third-order valence-corrected chi connectivity index (χ3v) is 3.11. The van der Waals surface area contributed by atoms with Gasteiger partial charge in [-0.1, -0.05) is 44.0 Å². The summed E-state index contributed by atoms with van der Waals surface area (Å²) in [7, 11) is 0. The second kappa shape index (κ2) is 5.41. The first kappa shape index (κ1) is 11.6. The Morgan fingerprint density at radius 1 is 1.43 bits per heavy atom. The summed E-state index contributed by atoms with van der Waals surface area (Å²) in [5.74, 6) is 0.115. The van der Waals surface area contributed by atoms with Gasteiger partial charge in [-0.3, -0.25) is 9.59 Å². The fourth-order valence-corrected chi connectivity index (χ4v) is 1.77. The maximum Gasteiger partial charge on any atom is 0.150 e. The minimum Gasteiger partial charge on any atom is -0.298 e. The summed E-state index contributed by atoms with van der Waals surface area (Å²) >= 11 is 6.42. The normalized spacial score (nSPS) is 9.86. The molecular formula is C10H8Br2O2. The zero-order chi connectivity index (χ0) is 10.6. The molecule has 0 amide bonds. The van der Waals surface area contributed by atoms with Gasteiger partial charge in [0.1, 0.15) is 12.1 Å². The second-order valence-electron chi connectivity index (χ2n) is 2.82. The minimum absolute atomic E-state index is 0.115. The van der Waals surface area contributed by atoms with Crippen LogP contribution in [0.5, 0.6) is 0 Å². The summed E-state index contributed by atoms with van der Waals surface area (Å²) in [5.41, 5.74) is 1.51. The van der Waals surface area contributed by atoms with Crippen molar-refractivity contribution >= 4 is 43.9 Å². The lowest BCUT2D eigenvalue weighted by atomic mass is 10.1. The fraction of sp³-hybridized carbons (Fsp3) is 0.200. The molecule has 4 heteroatoms. The number of benzene rings is 1. The number of rotatable bonds is 4. The molecule has 0 bridgehead atoms. The van der Waals surface area contributed by atoms with E-state index in [0.29, 0.717) is 17.3 Å². The molecule has 0 aliphatic carbocycles. The molecule has 1 aromatic rings. The molecule has 2 nitrogen and oxygen atoms in total. The van der Waals surface area contributed by atoms with E-state index in [0.717, 1.165) is 16.3 Å². The van der Waals surface area contributed by atoms with Gasteiger partial charge in [-0.05, 0) is 11.6 Å². The Hall–Kier alpha value is -0.480. The highest BCUT2D eigenvalue weighted by molar-refractivity contribution is 9.10. The summed E-state index contributed by atoms with van der Waals surface area (Å²) in [4.78, 5) is 21.6. The van der Waals surface area contributed by atoms with Crippen LogP contribution in [0.3, 0.4) is 0 Å². The van der Waals surface area contributed by atoms with E-state index in [4.69, 9.17) is 0 Å². The number of hydrogen-bond donors (Lipinski definition) is 0. The van der Waals surface area contributed by atoms with E-state index in [1.165, 1.54) is 0 Å². The number of halogens is 2. The van der Waals surface area contributed by atoms with E-state index in [1.54, 1.807) is 18.2 Å². The molecule has 0 heterocycles. The van der Waals surface area contributed by atoms with Crippen LogP contribution in [-0.2, 0) is 11.2 Å². The number of carbonyl (C=O) groups is 2. The van der Waals surface area contributed by atoms with Gasteiger partial charge < -0.3 is 0 Å². The van der Waals surface area contributed by atoms with Crippen molar-refractivity contribution in [1.29, 1.82) is 0 Å². The molecule has 0 aliphatic heterocycles. The second-order valence-corrected chi connectivity index (χ2v) is 4.23. The van der Waals surface area contributed by atoms with Gasteiger partial charge in [-0.2, -0.15) is 0 Å². The predicted molar refractivity (Wildman–Crippen MR) is 62.0 cm³/mol. The van der Waals surface area contributed by atoms with Crippen molar-refractivity contribution in [3.8, 4) is 0 Å². The fourth-order valence-electron chi connectivity index (χ4n) is 1.04. The lowest BCUT2D eigenvalue weighted by Crippen LogP contribution is -2.04. The number of carbonyl (C=O) groups excluding carboxylic acids is 2. The van der Waals surface area contributed by atoms with E-state index in [2.05, 4.69) is 31.9 Å².